The third-order valence-electron chi connectivity index (χ3n) is 3.44. The third kappa shape index (κ3) is 3.47. The molecule has 3 aromatic rings. The quantitative estimate of drug-likeness (QED) is 0.569. The van der Waals surface area contributed by atoms with Gasteiger partial charge in [0.2, 0.25) is 0 Å². The fourth-order valence-corrected chi connectivity index (χ4v) is 3.03. The van der Waals surface area contributed by atoms with Crippen LogP contribution in [0.15, 0.2) is 67.0 Å². The minimum Gasteiger partial charge on any atom is -0.340 e. The van der Waals surface area contributed by atoms with Crippen molar-refractivity contribution >= 4 is 22.2 Å². The first-order valence-corrected chi connectivity index (χ1v) is 7.97. The van der Waals surface area contributed by atoms with Crippen LogP contribution in [0, 0.1) is 10.1 Å². The van der Waals surface area contributed by atoms with Crippen LogP contribution in [0.2, 0.25) is 0 Å². The smallest absolute Gasteiger partial charge is 0.324 e. The highest BCUT2D eigenvalue weighted by molar-refractivity contribution is 7.17. The number of amides is 1. The van der Waals surface area contributed by atoms with Crippen molar-refractivity contribution in [1.82, 2.24) is 10.3 Å². The average Bonchev–Trinajstić information content (AvgIpc) is 3.11. The molecule has 3 rings (SSSR count). The topological polar surface area (TPSA) is 85.1 Å². The Hall–Kier alpha value is -3.06. The molecule has 1 atom stereocenters. The normalized spacial score (nSPS) is 11.7. The number of nitro groups is 1. The van der Waals surface area contributed by atoms with Crippen LogP contribution in [-0.2, 0) is 0 Å². The van der Waals surface area contributed by atoms with Gasteiger partial charge in [-0.3, -0.25) is 19.9 Å². The molecule has 0 saturated carbocycles. The zero-order valence-corrected chi connectivity index (χ0v) is 13.3. The van der Waals surface area contributed by atoms with Gasteiger partial charge in [-0.05, 0) is 29.3 Å². The summed E-state index contributed by atoms with van der Waals surface area (Å²) in [7, 11) is 0. The van der Waals surface area contributed by atoms with Gasteiger partial charge in [0.25, 0.3) is 5.91 Å². The van der Waals surface area contributed by atoms with E-state index in [4.69, 9.17) is 0 Å². The van der Waals surface area contributed by atoms with Gasteiger partial charge >= 0.3 is 5.00 Å². The number of aromatic nitrogens is 1. The van der Waals surface area contributed by atoms with Gasteiger partial charge in [0.1, 0.15) is 0 Å². The maximum Gasteiger partial charge on any atom is 0.324 e. The Labute approximate surface area is 141 Å². The van der Waals surface area contributed by atoms with Gasteiger partial charge < -0.3 is 5.32 Å². The summed E-state index contributed by atoms with van der Waals surface area (Å²) in [5.74, 6) is -0.348. The van der Waals surface area contributed by atoms with Crippen LogP contribution in [0.4, 0.5) is 5.00 Å². The molecule has 0 saturated heterocycles. The van der Waals surface area contributed by atoms with E-state index in [2.05, 4.69) is 10.3 Å². The van der Waals surface area contributed by atoms with Crippen molar-refractivity contribution in [2.24, 2.45) is 0 Å². The molecule has 1 unspecified atom stereocenters. The number of benzene rings is 1. The Bertz CT molecular complexity index is 810. The Morgan fingerprint density at radius 2 is 1.71 bits per heavy atom. The standard InChI is InChI=1S/C17H13N3O3S/c21-17(14-6-7-15(24-14)20(22)23)19-16(12-4-2-1-3-5-12)13-8-10-18-11-9-13/h1-11,16H,(H,19,21). The van der Waals surface area contributed by atoms with Crippen LogP contribution in [0.3, 0.4) is 0 Å². The van der Waals surface area contributed by atoms with E-state index in [1.165, 1.54) is 12.1 Å². The molecule has 0 radical (unpaired) electrons. The molecule has 7 heteroatoms. The molecule has 24 heavy (non-hydrogen) atoms. The van der Waals surface area contributed by atoms with Crippen molar-refractivity contribution in [3.05, 3.63) is 93.1 Å². The molecular formula is C17H13N3O3S. The molecule has 0 aliphatic rings. The van der Waals surface area contributed by atoms with Crippen molar-refractivity contribution in [2.45, 2.75) is 6.04 Å². The number of nitrogens with zero attached hydrogens (tertiary/aromatic N) is 2. The van der Waals surface area contributed by atoms with E-state index in [-0.39, 0.29) is 17.0 Å². The van der Waals surface area contributed by atoms with Gasteiger partial charge in [-0.1, -0.05) is 41.7 Å². The number of carbonyl (C=O) groups is 1. The third-order valence-corrected chi connectivity index (χ3v) is 4.48. The molecule has 0 aliphatic heterocycles. The van der Waals surface area contributed by atoms with Gasteiger partial charge in [-0.15, -0.1) is 0 Å². The number of hydrogen-bond donors (Lipinski definition) is 1. The van der Waals surface area contributed by atoms with Crippen LogP contribution in [0.5, 0.6) is 0 Å². The van der Waals surface area contributed by atoms with E-state index in [1.54, 1.807) is 12.4 Å². The largest absolute Gasteiger partial charge is 0.340 e. The van der Waals surface area contributed by atoms with E-state index in [9.17, 15) is 14.9 Å². The van der Waals surface area contributed by atoms with Crippen molar-refractivity contribution in [3.8, 4) is 0 Å². The first kappa shape index (κ1) is 15.8. The lowest BCUT2D eigenvalue weighted by Crippen LogP contribution is -2.28. The van der Waals surface area contributed by atoms with Gasteiger partial charge in [0, 0.05) is 18.5 Å². The predicted octanol–water partition coefficient (Wildman–Crippen LogP) is 3.57. The highest BCUT2D eigenvalue weighted by Crippen LogP contribution is 2.26. The van der Waals surface area contributed by atoms with E-state index >= 15 is 0 Å². The molecule has 120 valence electrons. The van der Waals surface area contributed by atoms with Gasteiger partial charge in [-0.2, -0.15) is 0 Å². The molecule has 0 fully saturated rings. The Kier molecular flexibility index (Phi) is 4.62. The minimum absolute atomic E-state index is 0.0553. The lowest BCUT2D eigenvalue weighted by molar-refractivity contribution is -0.380. The fraction of sp³-hybridized carbons (Fsp3) is 0.0588. The summed E-state index contributed by atoms with van der Waals surface area (Å²) < 4.78 is 0. The minimum atomic E-state index is -0.501. The van der Waals surface area contributed by atoms with Crippen molar-refractivity contribution in [2.75, 3.05) is 0 Å². The molecule has 1 N–H and O–H groups in total. The summed E-state index contributed by atoms with van der Waals surface area (Å²) in [5, 5.41) is 13.7. The molecule has 0 aliphatic carbocycles. The van der Waals surface area contributed by atoms with Gasteiger partial charge in [0.15, 0.2) is 0 Å². The monoisotopic (exact) mass is 339 g/mol. The fourth-order valence-electron chi connectivity index (χ4n) is 2.31. The number of rotatable bonds is 5. The molecular weight excluding hydrogens is 326 g/mol. The first-order valence-electron chi connectivity index (χ1n) is 7.15. The SMILES string of the molecule is O=C(NC(c1ccccc1)c1ccncc1)c1ccc([N+](=O)[O-])s1. The second kappa shape index (κ2) is 7.01. The Morgan fingerprint density at radius 1 is 1.04 bits per heavy atom. The van der Waals surface area contributed by atoms with E-state index in [0.29, 0.717) is 4.88 Å². The number of nitrogens with one attached hydrogen (secondary N) is 1. The van der Waals surface area contributed by atoms with Crippen molar-refractivity contribution in [3.63, 3.8) is 0 Å². The van der Waals surface area contributed by atoms with Crippen molar-refractivity contribution in [1.29, 1.82) is 0 Å². The average molecular weight is 339 g/mol. The lowest BCUT2D eigenvalue weighted by Gasteiger charge is -2.19. The number of carbonyl (C=O) groups excluding carboxylic acids is 1. The van der Waals surface area contributed by atoms with E-state index < -0.39 is 4.92 Å². The summed E-state index contributed by atoms with van der Waals surface area (Å²) in [4.78, 5) is 27.1. The van der Waals surface area contributed by atoms with Crippen LogP contribution in [0.1, 0.15) is 26.8 Å². The molecule has 6 nitrogen and oxygen atoms in total. The van der Waals surface area contributed by atoms with Crippen LogP contribution >= 0.6 is 11.3 Å². The summed E-state index contributed by atoms with van der Waals surface area (Å²) in [6, 6.07) is 15.6. The van der Waals surface area contributed by atoms with Gasteiger partial charge in [-0.25, -0.2) is 0 Å². The molecule has 2 aromatic heterocycles. The second-order valence-electron chi connectivity index (χ2n) is 4.99. The number of hydrogen-bond acceptors (Lipinski definition) is 5. The summed E-state index contributed by atoms with van der Waals surface area (Å²) in [6.07, 6.45) is 3.32. The van der Waals surface area contributed by atoms with Crippen LogP contribution in [-0.4, -0.2) is 15.8 Å². The Morgan fingerprint density at radius 3 is 2.33 bits per heavy atom. The highest BCUT2D eigenvalue weighted by atomic mass is 32.1. The lowest BCUT2D eigenvalue weighted by atomic mass is 9.99. The highest BCUT2D eigenvalue weighted by Gasteiger charge is 2.20. The van der Waals surface area contributed by atoms with Crippen LogP contribution < -0.4 is 5.32 Å². The van der Waals surface area contributed by atoms with E-state index in [0.717, 1.165) is 22.5 Å². The maximum atomic E-state index is 12.5. The second-order valence-corrected chi connectivity index (χ2v) is 6.05. The maximum absolute atomic E-state index is 12.5. The van der Waals surface area contributed by atoms with Gasteiger partial charge in [0.05, 0.1) is 15.8 Å². The predicted molar refractivity (Wildman–Crippen MR) is 91.0 cm³/mol. The van der Waals surface area contributed by atoms with Crippen molar-refractivity contribution < 1.29 is 9.72 Å². The first-order chi connectivity index (χ1) is 11.6. The molecule has 1 aromatic carbocycles. The summed E-state index contributed by atoms with van der Waals surface area (Å²) in [6.45, 7) is 0. The van der Waals surface area contributed by atoms with Crippen LogP contribution in [0.25, 0.3) is 0 Å². The molecule has 0 spiro atoms. The Balaban J connectivity index is 1.89. The zero-order valence-electron chi connectivity index (χ0n) is 12.5. The molecule has 2 heterocycles. The molecule has 1 amide bonds. The molecule has 0 bridgehead atoms. The summed E-state index contributed by atoms with van der Waals surface area (Å²) >= 11 is 0.858. The zero-order chi connectivity index (χ0) is 16.9. The number of thiophene rings is 1. The number of pyridine rings is 1. The van der Waals surface area contributed by atoms with E-state index in [1.807, 2.05) is 42.5 Å². The summed E-state index contributed by atoms with van der Waals surface area (Å²) in [5.41, 5.74) is 1.80.